The number of rotatable bonds is 6. The first-order valence-electron chi connectivity index (χ1n) is 6.69. The molecule has 0 bridgehead atoms. The molecule has 1 amide bonds. The molecule has 0 unspecified atom stereocenters. The lowest BCUT2D eigenvalue weighted by Gasteiger charge is -2.12. The first kappa shape index (κ1) is 16.1. The molecular formula is C16H15ClFNO3. The van der Waals surface area contributed by atoms with Crippen LogP contribution in [0.5, 0.6) is 11.5 Å². The van der Waals surface area contributed by atoms with Crippen molar-refractivity contribution in [2.75, 3.05) is 18.5 Å². The quantitative estimate of drug-likeness (QED) is 0.877. The molecule has 0 radical (unpaired) electrons. The fourth-order valence-electron chi connectivity index (χ4n) is 1.75. The number of nitrogens with one attached hydrogen (secondary N) is 1. The van der Waals surface area contributed by atoms with Gasteiger partial charge in [-0.3, -0.25) is 4.79 Å². The summed E-state index contributed by atoms with van der Waals surface area (Å²) in [5.74, 6) is 0.0135. The van der Waals surface area contributed by atoms with Crippen LogP contribution < -0.4 is 14.8 Å². The molecule has 2 aromatic carbocycles. The number of para-hydroxylation sites is 2. The summed E-state index contributed by atoms with van der Waals surface area (Å²) in [7, 11) is 0. The molecule has 0 fully saturated rings. The average Bonchev–Trinajstić information content (AvgIpc) is 2.51. The largest absolute Gasteiger partial charge is 0.492 e. The van der Waals surface area contributed by atoms with E-state index in [1.165, 1.54) is 18.2 Å². The Labute approximate surface area is 132 Å². The van der Waals surface area contributed by atoms with Gasteiger partial charge in [-0.2, -0.15) is 0 Å². The number of anilines is 1. The molecule has 116 valence electrons. The maximum Gasteiger partial charge on any atom is 0.262 e. The average molecular weight is 324 g/mol. The topological polar surface area (TPSA) is 47.6 Å². The Morgan fingerprint density at radius 3 is 2.73 bits per heavy atom. The van der Waals surface area contributed by atoms with Gasteiger partial charge < -0.3 is 14.8 Å². The number of halogens is 2. The van der Waals surface area contributed by atoms with Gasteiger partial charge in [-0.1, -0.05) is 23.7 Å². The molecule has 1 N–H and O–H groups in total. The number of hydrogen-bond acceptors (Lipinski definition) is 3. The normalized spacial score (nSPS) is 10.1. The van der Waals surface area contributed by atoms with Crippen molar-refractivity contribution in [2.24, 2.45) is 0 Å². The molecule has 22 heavy (non-hydrogen) atoms. The highest BCUT2D eigenvalue weighted by molar-refractivity contribution is 6.30. The smallest absolute Gasteiger partial charge is 0.262 e. The minimum absolute atomic E-state index is 0.0559. The van der Waals surface area contributed by atoms with Gasteiger partial charge in [0.1, 0.15) is 17.3 Å². The summed E-state index contributed by atoms with van der Waals surface area (Å²) in [5.41, 5.74) is 0.565. The third-order valence-electron chi connectivity index (χ3n) is 2.72. The highest BCUT2D eigenvalue weighted by Crippen LogP contribution is 2.24. The monoisotopic (exact) mass is 323 g/mol. The predicted molar refractivity (Wildman–Crippen MR) is 83.1 cm³/mol. The zero-order chi connectivity index (χ0) is 15.9. The van der Waals surface area contributed by atoms with Gasteiger partial charge in [0.25, 0.3) is 5.91 Å². The van der Waals surface area contributed by atoms with E-state index in [2.05, 4.69) is 5.32 Å². The van der Waals surface area contributed by atoms with Gasteiger partial charge in [-0.25, -0.2) is 4.39 Å². The molecule has 0 aliphatic heterocycles. The summed E-state index contributed by atoms with van der Waals surface area (Å²) < 4.78 is 23.7. The summed E-state index contributed by atoms with van der Waals surface area (Å²) in [6.07, 6.45) is 0. The number of ether oxygens (including phenoxy) is 2. The van der Waals surface area contributed by atoms with Crippen LogP contribution in [0, 0.1) is 5.82 Å². The van der Waals surface area contributed by atoms with Crippen LogP contribution in [0.4, 0.5) is 10.1 Å². The number of carbonyl (C=O) groups excluding carboxylic acids is 1. The summed E-state index contributed by atoms with van der Waals surface area (Å²) in [6.45, 7) is 2.14. The summed E-state index contributed by atoms with van der Waals surface area (Å²) in [6, 6.07) is 11.0. The fraction of sp³-hybridized carbons (Fsp3) is 0.188. The maximum absolute atomic E-state index is 13.0. The summed E-state index contributed by atoms with van der Waals surface area (Å²) >= 11 is 5.64. The van der Waals surface area contributed by atoms with Crippen LogP contribution in [0.2, 0.25) is 5.02 Å². The first-order valence-corrected chi connectivity index (χ1v) is 7.07. The van der Waals surface area contributed by atoms with E-state index < -0.39 is 5.82 Å². The second-order valence-corrected chi connectivity index (χ2v) is 4.75. The van der Waals surface area contributed by atoms with Crippen LogP contribution in [-0.4, -0.2) is 19.1 Å². The third kappa shape index (κ3) is 4.36. The molecule has 0 aromatic heterocycles. The molecule has 0 aliphatic carbocycles. The predicted octanol–water partition coefficient (Wildman–Crippen LogP) is 3.90. The molecular weight excluding hydrogens is 309 g/mol. The van der Waals surface area contributed by atoms with Crippen molar-refractivity contribution >= 4 is 23.2 Å². The fourth-order valence-corrected chi connectivity index (χ4v) is 1.92. The van der Waals surface area contributed by atoms with Crippen molar-refractivity contribution < 1.29 is 18.7 Å². The van der Waals surface area contributed by atoms with E-state index in [9.17, 15) is 9.18 Å². The van der Waals surface area contributed by atoms with Crippen LogP contribution in [0.15, 0.2) is 42.5 Å². The Balaban J connectivity index is 1.94. The van der Waals surface area contributed by atoms with Gasteiger partial charge in [-0.05, 0) is 31.2 Å². The molecule has 0 spiro atoms. The number of amides is 1. The van der Waals surface area contributed by atoms with E-state index in [4.69, 9.17) is 21.1 Å². The summed E-state index contributed by atoms with van der Waals surface area (Å²) in [5, 5.41) is 2.64. The highest BCUT2D eigenvalue weighted by atomic mass is 35.5. The van der Waals surface area contributed by atoms with E-state index in [0.717, 1.165) is 0 Å². The minimum Gasteiger partial charge on any atom is -0.492 e. The molecule has 2 aromatic rings. The Bertz CT molecular complexity index is 664. The lowest BCUT2D eigenvalue weighted by molar-refractivity contribution is -0.118. The second kappa shape index (κ2) is 7.66. The Hall–Kier alpha value is -2.27. The standard InChI is InChI=1S/C16H15ClFNO3/c1-2-21-15-6-4-3-5-14(15)19-16(20)10-22-11-7-8-13(18)12(17)9-11/h3-9H,2,10H2,1H3,(H,19,20). The maximum atomic E-state index is 13.0. The second-order valence-electron chi connectivity index (χ2n) is 4.34. The Kier molecular flexibility index (Phi) is 5.61. The van der Waals surface area contributed by atoms with Crippen LogP contribution in [0.25, 0.3) is 0 Å². The zero-order valence-corrected chi connectivity index (χ0v) is 12.7. The van der Waals surface area contributed by atoms with E-state index >= 15 is 0 Å². The van der Waals surface area contributed by atoms with Crippen LogP contribution in [0.1, 0.15) is 6.92 Å². The molecule has 0 saturated heterocycles. The highest BCUT2D eigenvalue weighted by Gasteiger charge is 2.09. The van der Waals surface area contributed by atoms with Gasteiger partial charge in [0.15, 0.2) is 6.61 Å². The van der Waals surface area contributed by atoms with Gasteiger partial charge in [0.05, 0.1) is 17.3 Å². The van der Waals surface area contributed by atoms with Crippen LogP contribution >= 0.6 is 11.6 Å². The third-order valence-corrected chi connectivity index (χ3v) is 3.01. The molecule has 0 aliphatic rings. The van der Waals surface area contributed by atoms with Crippen molar-refractivity contribution in [2.45, 2.75) is 6.92 Å². The van der Waals surface area contributed by atoms with Crippen LogP contribution in [-0.2, 0) is 4.79 Å². The number of carbonyl (C=O) groups is 1. The molecule has 6 heteroatoms. The SMILES string of the molecule is CCOc1ccccc1NC(=O)COc1ccc(F)c(Cl)c1. The van der Waals surface area contributed by atoms with Gasteiger partial charge in [-0.15, -0.1) is 0 Å². The number of benzene rings is 2. The lowest BCUT2D eigenvalue weighted by Crippen LogP contribution is -2.20. The van der Waals surface area contributed by atoms with Crippen LogP contribution in [0.3, 0.4) is 0 Å². The molecule has 2 rings (SSSR count). The van der Waals surface area contributed by atoms with E-state index in [1.807, 2.05) is 13.0 Å². The minimum atomic E-state index is -0.538. The molecule has 0 atom stereocenters. The van der Waals surface area contributed by atoms with Crippen molar-refractivity contribution in [3.63, 3.8) is 0 Å². The van der Waals surface area contributed by atoms with E-state index in [-0.39, 0.29) is 17.5 Å². The summed E-state index contributed by atoms with van der Waals surface area (Å²) in [4.78, 5) is 11.9. The first-order chi connectivity index (χ1) is 10.6. The van der Waals surface area contributed by atoms with Crippen molar-refractivity contribution in [3.05, 3.63) is 53.3 Å². The van der Waals surface area contributed by atoms with Gasteiger partial charge in [0.2, 0.25) is 0 Å². The van der Waals surface area contributed by atoms with Gasteiger partial charge >= 0.3 is 0 Å². The Morgan fingerprint density at radius 1 is 1.23 bits per heavy atom. The van der Waals surface area contributed by atoms with Gasteiger partial charge in [0, 0.05) is 6.07 Å². The van der Waals surface area contributed by atoms with Crippen molar-refractivity contribution in [1.29, 1.82) is 0 Å². The molecule has 0 saturated carbocycles. The van der Waals surface area contributed by atoms with Crippen molar-refractivity contribution in [3.8, 4) is 11.5 Å². The van der Waals surface area contributed by atoms with E-state index in [0.29, 0.717) is 23.8 Å². The Morgan fingerprint density at radius 2 is 2.00 bits per heavy atom. The van der Waals surface area contributed by atoms with Crippen molar-refractivity contribution in [1.82, 2.24) is 0 Å². The van der Waals surface area contributed by atoms with E-state index in [1.54, 1.807) is 18.2 Å². The molecule has 4 nitrogen and oxygen atoms in total. The molecule has 0 heterocycles. The zero-order valence-electron chi connectivity index (χ0n) is 11.9. The lowest BCUT2D eigenvalue weighted by atomic mass is 10.3. The number of hydrogen-bond donors (Lipinski definition) is 1.